The average molecular weight is 331 g/mol. The summed E-state index contributed by atoms with van der Waals surface area (Å²) >= 11 is 0. The quantitative estimate of drug-likeness (QED) is 0.745. The zero-order valence-electron chi connectivity index (χ0n) is 15.0. The third-order valence-corrected chi connectivity index (χ3v) is 5.16. The summed E-state index contributed by atoms with van der Waals surface area (Å²) in [7, 11) is 0. The molecule has 0 radical (unpaired) electrons. The monoisotopic (exact) mass is 331 g/mol. The lowest BCUT2D eigenvalue weighted by atomic mass is 10.0. The Morgan fingerprint density at radius 2 is 1.84 bits per heavy atom. The number of aryl methyl sites for hydroxylation is 2. The molecule has 128 valence electrons. The van der Waals surface area contributed by atoms with Crippen LogP contribution < -0.4 is 5.32 Å². The second-order valence-corrected chi connectivity index (χ2v) is 7.00. The molecule has 0 saturated carbocycles. The van der Waals surface area contributed by atoms with Crippen LogP contribution in [0.4, 0.5) is 5.82 Å². The summed E-state index contributed by atoms with van der Waals surface area (Å²) in [6.45, 7) is 5.34. The number of fused-ring (bicyclic) bond motifs is 1. The molecule has 1 aliphatic rings. The molecule has 0 fully saturated rings. The van der Waals surface area contributed by atoms with E-state index in [1.54, 1.807) is 0 Å². The fourth-order valence-electron chi connectivity index (χ4n) is 3.55. The Morgan fingerprint density at radius 1 is 1.00 bits per heavy atom. The van der Waals surface area contributed by atoms with E-state index in [2.05, 4.69) is 72.4 Å². The Kier molecular flexibility index (Phi) is 4.31. The van der Waals surface area contributed by atoms with E-state index in [0.717, 1.165) is 25.1 Å². The van der Waals surface area contributed by atoms with Crippen molar-refractivity contribution in [2.45, 2.75) is 39.5 Å². The van der Waals surface area contributed by atoms with E-state index in [1.165, 1.54) is 46.6 Å². The number of rotatable bonds is 3. The molecule has 25 heavy (non-hydrogen) atoms. The lowest BCUT2D eigenvalue weighted by molar-refractivity contribution is 0.767. The van der Waals surface area contributed by atoms with Crippen molar-refractivity contribution in [1.29, 1.82) is 0 Å². The van der Waals surface area contributed by atoms with Gasteiger partial charge in [0.1, 0.15) is 5.82 Å². The van der Waals surface area contributed by atoms with Gasteiger partial charge in [-0.05, 0) is 61.9 Å². The molecule has 1 aliphatic heterocycles. The summed E-state index contributed by atoms with van der Waals surface area (Å²) in [6.07, 6.45) is 4.44. The first kappa shape index (κ1) is 15.9. The summed E-state index contributed by atoms with van der Waals surface area (Å²) in [6, 6.07) is 17.2. The Bertz CT molecular complexity index is 878. The van der Waals surface area contributed by atoms with Gasteiger partial charge in [-0.1, -0.05) is 36.4 Å². The molecule has 2 heterocycles. The minimum atomic E-state index is 0.892. The summed E-state index contributed by atoms with van der Waals surface area (Å²) in [5.74, 6) is 1.19. The summed E-state index contributed by atoms with van der Waals surface area (Å²) in [5, 5.41) is 8.66. The van der Waals surface area contributed by atoms with Crippen molar-refractivity contribution in [3.63, 3.8) is 0 Å². The van der Waals surface area contributed by atoms with Gasteiger partial charge in [-0.2, -0.15) is 5.10 Å². The smallest absolute Gasteiger partial charge is 0.133 e. The lowest BCUT2D eigenvalue weighted by Gasteiger charge is -2.11. The van der Waals surface area contributed by atoms with Gasteiger partial charge in [-0.15, -0.1) is 0 Å². The first-order valence-corrected chi connectivity index (χ1v) is 9.18. The Hall–Kier alpha value is -2.55. The van der Waals surface area contributed by atoms with Crippen molar-refractivity contribution in [3.05, 3.63) is 76.5 Å². The van der Waals surface area contributed by atoms with Gasteiger partial charge >= 0.3 is 0 Å². The molecule has 3 nitrogen and oxygen atoms in total. The normalized spacial score (nSPS) is 13.8. The van der Waals surface area contributed by atoms with Crippen LogP contribution in [0.1, 0.15) is 40.8 Å². The highest BCUT2D eigenvalue weighted by molar-refractivity contribution is 5.55. The zero-order valence-corrected chi connectivity index (χ0v) is 15.0. The van der Waals surface area contributed by atoms with Gasteiger partial charge in [0.25, 0.3) is 0 Å². The van der Waals surface area contributed by atoms with E-state index in [1.807, 2.05) is 0 Å². The Balaban J connectivity index is 1.80. The Morgan fingerprint density at radius 3 is 2.64 bits per heavy atom. The number of hydrogen-bond donors (Lipinski definition) is 1. The molecule has 1 N–H and O–H groups in total. The van der Waals surface area contributed by atoms with E-state index >= 15 is 0 Å². The molecule has 3 aromatic rings. The molecule has 1 aromatic heterocycles. The van der Waals surface area contributed by atoms with Crippen molar-refractivity contribution in [3.8, 4) is 5.69 Å². The van der Waals surface area contributed by atoms with Gasteiger partial charge in [0, 0.05) is 18.5 Å². The van der Waals surface area contributed by atoms with Crippen LogP contribution in [0.3, 0.4) is 0 Å². The summed E-state index contributed by atoms with van der Waals surface area (Å²) < 4.78 is 2.12. The second-order valence-electron chi connectivity index (χ2n) is 7.00. The highest BCUT2D eigenvalue weighted by Crippen LogP contribution is 2.30. The molecule has 0 bridgehead atoms. The fraction of sp³-hybridized carbons (Fsp3) is 0.318. The summed E-state index contributed by atoms with van der Waals surface area (Å²) in [4.78, 5) is 0. The SMILES string of the molecule is Cc1ccc(-n2nc(Cc3ccccc3)c3c2NCCCC3)cc1C. The molecule has 0 saturated heterocycles. The van der Waals surface area contributed by atoms with E-state index in [9.17, 15) is 0 Å². The second kappa shape index (κ2) is 6.75. The van der Waals surface area contributed by atoms with Crippen LogP contribution in [0.15, 0.2) is 48.5 Å². The minimum Gasteiger partial charge on any atom is -0.370 e. The minimum absolute atomic E-state index is 0.892. The molecule has 4 rings (SSSR count). The maximum absolute atomic E-state index is 5.02. The van der Waals surface area contributed by atoms with Crippen molar-refractivity contribution >= 4 is 5.82 Å². The highest BCUT2D eigenvalue weighted by atomic mass is 15.3. The molecular formula is C22H25N3. The molecule has 0 unspecified atom stereocenters. The van der Waals surface area contributed by atoms with Crippen LogP contribution in [0.25, 0.3) is 5.69 Å². The third kappa shape index (κ3) is 3.19. The largest absolute Gasteiger partial charge is 0.370 e. The molecule has 0 aliphatic carbocycles. The van der Waals surface area contributed by atoms with E-state index in [-0.39, 0.29) is 0 Å². The number of benzene rings is 2. The molecule has 3 heteroatoms. The van der Waals surface area contributed by atoms with Gasteiger partial charge < -0.3 is 5.32 Å². The van der Waals surface area contributed by atoms with Crippen LogP contribution in [0, 0.1) is 13.8 Å². The van der Waals surface area contributed by atoms with E-state index in [0.29, 0.717) is 0 Å². The van der Waals surface area contributed by atoms with Crippen LogP contribution in [-0.4, -0.2) is 16.3 Å². The first-order valence-electron chi connectivity index (χ1n) is 9.18. The summed E-state index contributed by atoms with van der Waals surface area (Å²) in [5.41, 5.74) is 7.68. The van der Waals surface area contributed by atoms with Gasteiger partial charge in [-0.3, -0.25) is 0 Å². The Labute approximate surface area is 149 Å². The van der Waals surface area contributed by atoms with E-state index < -0.39 is 0 Å². The van der Waals surface area contributed by atoms with Gasteiger partial charge in [0.15, 0.2) is 0 Å². The fourth-order valence-corrected chi connectivity index (χ4v) is 3.55. The number of anilines is 1. The predicted octanol–water partition coefficient (Wildman–Crippen LogP) is 4.83. The predicted molar refractivity (Wildman–Crippen MR) is 104 cm³/mol. The number of nitrogens with zero attached hydrogens (tertiary/aromatic N) is 2. The maximum Gasteiger partial charge on any atom is 0.133 e. The van der Waals surface area contributed by atoms with Gasteiger partial charge in [0.2, 0.25) is 0 Å². The van der Waals surface area contributed by atoms with Gasteiger partial charge in [0.05, 0.1) is 11.4 Å². The standard InChI is InChI=1S/C22H25N3/c1-16-11-12-19(14-17(16)2)25-22-20(10-6-7-13-23-22)21(24-25)15-18-8-4-3-5-9-18/h3-5,8-9,11-12,14,23H,6-7,10,13,15H2,1-2H3. The number of hydrogen-bond acceptors (Lipinski definition) is 2. The first-order chi connectivity index (χ1) is 12.2. The zero-order chi connectivity index (χ0) is 17.2. The number of nitrogens with one attached hydrogen (secondary N) is 1. The van der Waals surface area contributed by atoms with Crippen molar-refractivity contribution in [1.82, 2.24) is 9.78 Å². The highest BCUT2D eigenvalue weighted by Gasteiger charge is 2.20. The molecule has 0 amide bonds. The van der Waals surface area contributed by atoms with Crippen LogP contribution in [0.2, 0.25) is 0 Å². The maximum atomic E-state index is 5.02. The van der Waals surface area contributed by atoms with Crippen molar-refractivity contribution in [2.75, 3.05) is 11.9 Å². The number of aromatic nitrogens is 2. The van der Waals surface area contributed by atoms with Crippen LogP contribution in [0.5, 0.6) is 0 Å². The van der Waals surface area contributed by atoms with Crippen LogP contribution in [-0.2, 0) is 12.8 Å². The third-order valence-electron chi connectivity index (χ3n) is 5.16. The van der Waals surface area contributed by atoms with Crippen molar-refractivity contribution in [2.24, 2.45) is 0 Å². The van der Waals surface area contributed by atoms with E-state index in [4.69, 9.17) is 5.10 Å². The average Bonchev–Trinajstić information content (AvgIpc) is 2.81. The van der Waals surface area contributed by atoms with Crippen LogP contribution >= 0.6 is 0 Å². The van der Waals surface area contributed by atoms with Crippen molar-refractivity contribution < 1.29 is 0 Å². The molecule has 0 spiro atoms. The molecule has 0 atom stereocenters. The topological polar surface area (TPSA) is 29.9 Å². The molecule has 2 aromatic carbocycles. The van der Waals surface area contributed by atoms with Gasteiger partial charge in [-0.25, -0.2) is 4.68 Å². The lowest BCUT2D eigenvalue weighted by Crippen LogP contribution is -2.07. The molecular weight excluding hydrogens is 306 g/mol.